The maximum Gasteiger partial charge on any atom is 0.316 e. The molecule has 10 nitrogen and oxygen atoms in total. The van der Waals surface area contributed by atoms with Gasteiger partial charge in [-0.3, -0.25) is 9.63 Å². The Morgan fingerprint density at radius 1 is 1.13 bits per heavy atom. The fraction of sp³-hybridized carbons (Fsp3) is 0.263. The van der Waals surface area contributed by atoms with Crippen LogP contribution in [0.4, 0.5) is 0 Å². The van der Waals surface area contributed by atoms with Crippen molar-refractivity contribution < 1.29 is 19.1 Å². The molecule has 0 saturated heterocycles. The predicted octanol–water partition coefficient (Wildman–Crippen LogP) is 2.15. The maximum atomic E-state index is 12.5. The number of hydrogen-bond acceptors (Lipinski definition) is 8. The zero-order chi connectivity index (χ0) is 20.8. The van der Waals surface area contributed by atoms with Crippen molar-refractivity contribution in [2.45, 2.75) is 0 Å². The van der Waals surface area contributed by atoms with Gasteiger partial charge in [0.1, 0.15) is 12.4 Å². The third-order valence-electron chi connectivity index (χ3n) is 4.03. The van der Waals surface area contributed by atoms with E-state index in [2.05, 4.69) is 15.1 Å². The summed E-state index contributed by atoms with van der Waals surface area (Å²) >= 11 is 0. The predicted molar refractivity (Wildman–Crippen MR) is 119 cm³/mol. The molecule has 0 aliphatic rings. The van der Waals surface area contributed by atoms with Gasteiger partial charge in [-0.25, -0.2) is 19.7 Å². The lowest BCUT2D eigenvalue weighted by Crippen LogP contribution is -2.26. The average Bonchev–Trinajstić information content (AvgIpc) is 3.22. The number of carbonyl (C=O) groups excluding carboxylic acids is 1. The number of hydroxylamine groups is 2. The number of benzene rings is 1. The van der Waals surface area contributed by atoms with Gasteiger partial charge in [0, 0.05) is 25.2 Å². The van der Waals surface area contributed by atoms with Gasteiger partial charge in [-0.05, 0) is 30.3 Å². The Morgan fingerprint density at radius 2 is 1.84 bits per heavy atom. The first kappa shape index (κ1) is 26.1. The maximum absolute atomic E-state index is 12.5. The fourth-order valence-corrected chi connectivity index (χ4v) is 2.49. The van der Waals surface area contributed by atoms with Crippen LogP contribution >= 0.6 is 24.8 Å². The molecule has 0 aliphatic carbocycles. The van der Waals surface area contributed by atoms with E-state index in [1.165, 1.54) is 21.3 Å². The number of rotatable bonds is 8. The van der Waals surface area contributed by atoms with E-state index in [-0.39, 0.29) is 30.6 Å². The van der Waals surface area contributed by atoms with Crippen LogP contribution in [0.25, 0.3) is 17.1 Å². The molecule has 2 aromatic heterocycles. The Morgan fingerprint density at radius 3 is 2.39 bits per heavy atom. The zero-order valence-corrected chi connectivity index (χ0v) is 18.9. The highest BCUT2D eigenvalue weighted by atomic mass is 35.5. The van der Waals surface area contributed by atoms with Crippen LogP contribution in [0.3, 0.4) is 0 Å². The van der Waals surface area contributed by atoms with Crippen LogP contribution in [0.1, 0.15) is 10.6 Å². The monoisotopic (exact) mass is 470 g/mol. The van der Waals surface area contributed by atoms with Crippen LogP contribution in [0.2, 0.25) is 0 Å². The average molecular weight is 471 g/mol. The Hall–Kier alpha value is -2.92. The van der Waals surface area contributed by atoms with E-state index in [1.807, 2.05) is 12.1 Å². The molecule has 0 atom stereocenters. The van der Waals surface area contributed by atoms with Gasteiger partial charge in [0.25, 0.3) is 0 Å². The summed E-state index contributed by atoms with van der Waals surface area (Å²) in [5.74, 6) is 1.13. The largest absolute Gasteiger partial charge is 0.492 e. The third-order valence-corrected chi connectivity index (χ3v) is 4.03. The Labute approximate surface area is 192 Å². The highest BCUT2D eigenvalue weighted by Gasteiger charge is 2.22. The lowest BCUT2D eigenvalue weighted by molar-refractivity contribution is -0.0764. The van der Waals surface area contributed by atoms with Gasteiger partial charge >= 0.3 is 5.91 Å². The lowest BCUT2D eigenvalue weighted by atomic mass is 10.2. The summed E-state index contributed by atoms with van der Waals surface area (Å²) in [5, 5.41) is 5.41. The number of amides is 1. The molecule has 1 aromatic carbocycles. The normalized spacial score (nSPS) is 9.94. The van der Waals surface area contributed by atoms with Crippen LogP contribution in [0, 0.1) is 0 Å². The number of nitrogens with zero attached hydrogens (tertiary/aromatic N) is 5. The molecule has 1 amide bonds. The van der Waals surface area contributed by atoms with Crippen molar-refractivity contribution in [3.8, 4) is 28.7 Å². The standard InChI is InChI=1S/C19H22N6O4.2ClH/c1-24(28-3)19(26)17-22-18(13-4-7-15(8-5-13)29-11-10-20)25(23-17)14-6-9-16(27-2)21-12-14;;/h4-9,12H,10-11,20H2,1-3H3;2*1H. The minimum Gasteiger partial charge on any atom is -0.492 e. The van der Waals surface area contributed by atoms with E-state index < -0.39 is 5.91 Å². The zero-order valence-electron chi connectivity index (χ0n) is 17.2. The molecule has 3 aromatic rings. The summed E-state index contributed by atoms with van der Waals surface area (Å²) in [6, 6.07) is 10.7. The molecule has 0 unspecified atom stereocenters. The van der Waals surface area contributed by atoms with Crippen molar-refractivity contribution in [1.82, 2.24) is 24.8 Å². The van der Waals surface area contributed by atoms with E-state index in [0.29, 0.717) is 36.3 Å². The number of ether oxygens (including phenoxy) is 2. The van der Waals surface area contributed by atoms with Crippen molar-refractivity contribution in [3.63, 3.8) is 0 Å². The first-order valence-electron chi connectivity index (χ1n) is 8.80. The second-order valence-corrected chi connectivity index (χ2v) is 5.88. The number of pyridine rings is 1. The highest BCUT2D eigenvalue weighted by molar-refractivity contribution is 5.90. The molecule has 0 radical (unpaired) electrons. The summed E-state index contributed by atoms with van der Waals surface area (Å²) in [4.78, 5) is 26.0. The molecular formula is C19H24Cl2N6O4. The summed E-state index contributed by atoms with van der Waals surface area (Å²) in [5.41, 5.74) is 6.83. The van der Waals surface area contributed by atoms with Gasteiger partial charge in [-0.15, -0.1) is 29.9 Å². The first-order chi connectivity index (χ1) is 14.1. The van der Waals surface area contributed by atoms with E-state index in [9.17, 15) is 4.79 Å². The molecule has 0 aliphatic heterocycles. The minimum atomic E-state index is -0.475. The fourth-order valence-electron chi connectivity index (χ4n) is 2.49. The van der Waals surface area contributed by atoms with E-state index in [1.54, 1.807) is 35.1 Å². The van der Waals surface area contributed by atoms with Crippen LogP contribution in [-0.2, 0) is 4.84 Å². The van der Waals surface area contributed by atoms with Crippen LogP contribution in [0.15, 0.2) is 42.6 Å². The topological polar surface area (TPSA) is 118 Å². The number of nitrogens with two attached hydrogens (primary N) is 1. The first-order valence-corrected chi connectivity index (χ1v) is 8.80. The Balaban J connectivity index is 0.00000240. The summed E-state index contributed by atoms with van der Waals surface area (Å²) in [6.45, 7) is 0.855. The lowest BCUT2D eigenvalue weighted by Gasteiger charge is -2.10. The summed E-state index contributed by atoms with van der Waals surface area (Å²) < 4.78 is 12.1. The van der Waals surface area contributed by atoms with Crippen molar-refractivity contribution in [1.29, 1.82) is 0 Å². The number of methoxy groups -OCH3 is 1. The Kier molecular flexibility index (Phi) is 10.2. The second-order valence-electron chi connectivity index (χ2n) is 5.88. The van der Waals surface area contributed by atoms with E-state index in [0.717, 1.165) is 10.6 Å². The molecule has 168 valence electrons. The number of hydrogen-bond donors (Lipinski definition) is 1. The number of aromatic nitrogens is 4. The van der Waals surface area contributed by atoms with Gasteiger partial charge in [0.2, 0.25) is 11.7 Å². The molecule has 2 N–H and O–H groups in total. The van der Waals surface area contributed by atoms with Crippen molar-refractivity contribution in [2.75, 3.05) is 34.4 Å². The van der Waals surface area contributed by atoms with Gasteiger partial charge in [-0.1, -0.05) is 0 Å². The SMILES string of the molecule is COc1ccc(-n2nc(C(=O)N(C)OC)nc2-c2ccc(OCCN)cc2)cn1.Cl.Cl. The molecule has 12 heteroatoms. The van der Waals surface area contributed by atoms with Crippen molar-refractivity contribution in [3.05, 3.63) is 48.4 Å². The molecule has 3 rings (SSSR count). The summed E-state index contributed by atoms with van der Waals surface area (Å²) in [6.07, 6.45) is 1.59. The van der Waals surface area contributed by atoms with Gasteiger partial charge in [-0.2, -0.15) is 0 Å². The summed E-state index contributed by atoms with van der Waals surface area (Å²) in [7, 11) is 4.42. The molecule has 0 saturated carbocycles. The number of carbonyl (C=O) groups is 1. The van der Waals surface area contributed by atoms with E-state index in [4.69, 9.17) is 20.0 Å². The van der Waals surface area contributed by atoms with Crippen molar-refractivity contribution >= 4 is 30.7 Å². The molecular weight excluding hydrogens is 447 g/mol. The minimum absolute atomic E-state index is 0. The number of halogens is 2. The van der Waals surface area contributed by atoms with Crippen LogP contribution in [-0.4, -0.2) is 65.1 Å². The quantitative estimate of drug-likeness (QED) is 0.497. The van der Waals surface area contributed by atoms with Crippen LogP contribution < -0.4 is 15.2 Å². The third kappa shape index (κ3) is 6.05. The van der Waals surface area contributed by atoms with Gasteiger partial charge in [0.05, 0.1) is 26.1 Å². The van der Waals surface area contributed by atoms with Crippen molar-refractivity contribution in [2.24, 2.45) is 5.73 Å². The van der Waals surface area contributed by atoms with Gasteiger partial charge < -0.3 is 15.2 Å². The Bertz CT molecular complexity index is 967. The van der Waals surface area contributed by atoms with Gasteiger partial charge in [0.15, 0.2) is 5.82 Å². The molecule has 0 bridgehead atoms. The molecule has 2 heterocycles. The van der Waals surface area contributed by atoms with E-state index >= 15 is 0 Å². The second kappa shape index (κ2) is 12.1. The molecule has 0 fully saturated rings. The molecule has 0 spiro atoms. The highest BCUT2D eigenvalue weighted by Crippen LogP contribution is 2.24. The van der Waals surface area contributed by atoms with Crippen LogP contribution in [0.5, 0.6) is 11.6 Å². The molecule has 31 heavy (non-hydrogen) atoms. The smallest absolute Gasteiger partial charge is 0.316 e.